The van der Waals surface area contributed by atoms with Crippen LogP contribution in [0.15, 0.2) is 24.3 Å². The third-order valence-corrected chi connectivity index (χ3v) is 4.28. The summed E-state index contributed by atoms with van der Waals surface area (Å²) in [4.78, 5) is 13.2. The number of aromatic nitrogens is 3. The van der Waals surface area contributed by atoms with Gasteiger partial charge in [0.05, 0.1) is 6.54 Å². The Kier molecular flexibility index (Phi) is 4.38. The van der Waals surface area contributed by atoms with Crippen LogP contribution in [0.4, 0.5) is 4.39 Å². The molecule has 1 aliphatic rings. The first-order valence-electron chi connectivity index (χ1n) is 7.71. The molecule has 0 spiro atoms. The predicted octanol–water partition coefficient (Wildman–Crippen LogP) is 1.69. The molecule has 3 rings (SSSR count). The molecule has 0 fully saturated rings. The number of carboxylic acid groups (broad SMARTS) is 1. The van der Waals surface area contributed by atoms with Gasteiger partial charge < -0.3 is 9.67 Å². The lowest BCUT2D eigenvalue weighted by Gasteiger charge is -2.31. The van der Waals surface area contributed by atoms with E-state index in [1.807, 2.05) is 16.4 Å². The molecule has 0 aliphatic carbocycles. The molecule has 1 aromatic heterocycles. The van der Waals surface area contributed by atoms with Crippen LogP contribution in [-0.4, -0.2) is 43.3 Å². The summed E-state index contributed by atoms with van der Waals surface area (Å²) in [6.45, 7) is 3.56. The Labute approximate surface area is 133 Å². The van der Waals surface area contributed by atoms with Gasteiger partial charge in [-0.25, -0.2) is 4.39 Å². The van der Waals surface area contributed by atoms with E-state index in [0.29, 0.717) is 43.9 Å². The van der Waals surface area contributed by atoms with E-state index in [9.17, 15) is 14.3 Å². The molecule has 0 bridgehead atoms. The Hall–Kier alpha value is -2.28. The average Bonchev–Trinajstić information content (AvgIpc) is 2.92. The molecule has 1 atom stereocenters. The summed E-state index contributed by atoms with van der Waals surface area (Å²) >= 11 is 0. The minimum atomic E-state index is -0.813. The van der Waals surface area contributed by atoms with Crippen LogP contribution in [0.3, 0.4) is 0 Å². The van der Waals surface area contributed by atoms with Crippen molar-refractivity contribution >= 4 is 5.97 Å². The topological polar surface area (TPSA) is 71.2 Å². The second-order valence-electron chi connectivity index (χ2n) is 5.69. The minimum absolute atomic E-state index is 0.251. The van der Waals surface area contributed by atoms with Gasteiger partial charge in [-0.1, -0.05) is 25.1 Å². The van der Waals surface area contributed by atoms with E-state index >= 15 is 0 Å². The Morgan fingerprint density at radius 3 is 2.83 bits per heavy atom. The summed E-state index contributed by atoms with van der Waals surface area (Å²) in [5.74, 6) is 0.390. The van der Waals surface area contributed by atoms with Gasteiger partial charge in [0.1, 0.15) is 23.5 Å². The number of carbonyl (C=O) groups is 1. The smallest absolute Gasteiger partial charge is 0.320 e. The van der Waals surface area contributed by atoms with Gasteiger partial charge in [0, 0.05) is 19.5 Å². The zero-order valence-electron chi connectivity index (χ0n) is 12.9. The van der Waals surface area contributed by atoms with Crippen molar-refractivity contribution in [2.45, 2.75) is 38.9 Å². The van der Waals surface area contributed by atoms with Crippen LogP contribution in [0, 0.1) is 5.82 Å². The third-order valence-electron chi connectivity index (χ3n) is 4.28. The fraction of sp³-hybridized carbons (Fsp3) is 0.438. The van der Waals surface area contributed by atoms with Crippen molar-refractivity contribution in [3.63, 3.8) is 0 Å². The fourth-order valence-electron chi connectivity index (χ4n) is 3.03. The molecule has 23 heavy (non-hydrogen) atoms. The van der Waals surface area contributed by atoms with Gasteiger partial charge in [-0.2, -0.15) is 0 Å². The highest BCUT2D eigenvalue weighted by atomic mass is 19.1. The van der Waals surface area contributed by atoms with Crippen LogP contribution in [0.1, 0.15) is 30.6 Å². The molecule has 0 amide bonds. The molecule has 2 aromatic rings. The number of hydrogen-bond donors (Lipinski definition) is 1. The minimum Gasteiger partial charge on any atom is -0.480 e. The van der Waals surface area contributed by atoms with E-state index in [1.165, 1.54) is 6.07 Å². The van der Waals surface area contributed by atoms with Gasteiger partial charge in [0.25, 0.3) is 0 Å². The van der Waals surface area contributed by atoms with E-state index in [-0.39, 0.29) is 5.82 Å². The SMILES string of the molecule is CCC(C(=O)O)N1CCn2c(Cc3ccccc3F)nnc2C1. The van der Waals surface area contributed by atoms with Gasteiger partial charge in [-0.15, -0.1) is 10.2 Å². The number of carboxylic acids is 1. The van der Waals surface area contributed by atoms with Crippen LogP contribution >= 0.6 is 0 Å². The van der Waals surface area contributed by atoms with Crippen LogP contribution in [0.5, 0.6) is 0 Å². The van der Waals surface area contributed by atoms with Gasteiger partial charge >= 0.3 is 5.97 Å². The lowest BCUT2D eigenvalue weighted by molar-refractivity contribution is -0.144. The molecule has 1 aromatic carbocycles. The standard InChI is InChI=1S/C16H19FN4O2/c1-2-13(16(22)23)20-7-8-21-14(18-19-15(21)10-20)9-11-5-3-4-6-12(11)17/h3-6,13H,2,7-10H2,1H3,(H,22,23). The molecule has 2 heterocycles. The summed E-state index contributed by atoms with van der Waals surface area (Å²) in [5.41, 5.74) is 0.585. The maximum absolute atomic E-state index is 13.8. The van der Waals surface area contributed by atoms with Crippen molar-refractivity contribution in [1.29, 1.82) is 0 Å². The first-order chi connectivity index (χ1) is 11.1. The van der Waals surface area contributed by atoms with Crippen LogP contribution in [0.25, 0.3) is 0 Å². The zero-order chi connectivity index (χ0) is 16.4. The molecule has 1 N–H and O–H groups in total. The maximum atomic E-state index is 13.8. The second kappa shape index (κ2) is 6.45. The van der Waals surface area contributed by atoms with Gasteiger partial charge in [-0.05, 0) is 18.1 Å². The van der Waals surface area contributed by atoms with E-state index in [4.69, 9.17) is 0 Å². The highest BCUT2D eigenvalue weighted by Crippen LogP contribution is 2.19. The number of aliphatic carboxylic acids is 1. The summed E-state index contributed by atoms with van der Waals surface area (Å²) in [6.07, 6.45) is 0.932. The summed E-state index contributed by atoms with van der Waals surface area (Å²) in [5, 5.41) is 17.6. The van der Waals surface area contributed by atoms with Gasteiger partial charge in [-0.3, -0.25) is 9.69 Å². The molecular weight excluding hydrogens is 299 g/mol. The monoisotopic (exact) mass is 318 g/mol. The first kappa shape index (κ1) is 15.6. The number of nitrogens with zero attached hydrogens (tertiary/aromatic N) is 4. The highest BCUT2D eigenvalue weighted by molar-refractivity contribution is 5.73. The largest absolute Gasteiger partial charge is 0.480 e. The van der Waals surface area contributed by atoms with Crippen molar-refractivity contribution < 1.29 is 14.3 Å². The normalized spacial score (nSPS) is 16.1. The van der Waals surface area contributed by atoms with E-state index < -0.39 is 12.0 Å². The third kappa shape index (κ3) is 3.10. The highest BCUT2D eigenvalue weighted by Gasteiger charge is 2.29. The number of halogens is 1. The van der Waals surface area contributed by atoms with E-state index in [1.54, 1.807) is 18.2 Å². The molecule has 6 nitrogen and oxygen atoms in total. The van der Waals surface area contributed by atoms with Crippen LogP contribution in [0.2, 0.25) is 0 Å². The van der Waals surface area contributed by atoms with E-state index in [0.717, 1.165) is 5.82 Å². The molecule has 7 heteroatoms. The Morgan fingerprint density at radius 1 is 1.35 bits per heavy atom. The maximum Gasteiger partial charge on any atom is 0.320 e. The first-order valence-corrected chi connectivity index (χ1v) is 7.71. The van der Waals surface area contributed by atoms with Crippen molar-refractivity contribution in [2.75, 3.05) is 6.54 Å². The molecule has 0 saturated carbocycles. The van der Waals surface area contributed by atoms with Crippen molar-refractivity contribution in [1.82, 2.24) is 19.7 Å². The second-order valence-corrected chi connectivity index (χ2v) is 5.69. The van der Waals surface area contributed by atoms with Crippen LogP contribution < -0.4 is 0 Å². The van der Waals surface area contributed by atoms with Gasteiger partial charge in [0.15, 0.2) is 0 Å². The number of fused-ring (bicyclic) bond motifs is 1. The Balaban J connectivity index is 1.79. The molecule has 1 aliphatic heterocycles. The quantitative estimate of drug-likeness (QED) is 0.908. The van der Waals surface area contributed by atoms with Crippen molar-refractivity contribution in [3.05, 3.63) is 47.3 Å². The summed E-state index contributed by atoms with van der Waals surface area (Å²) in [7, 11) is 0. The molecule has 122 valence electrons. The predicted molar refractivity (Wildman–Crippen MR) is 81.4 cm³/mol. The number of hydrogen-bond acceptors (Lipinski definition) is 4. The van der Waals surface area contributed by atoms with Crippen molar-refractivity contribution in [2.24, 2.45) is 0 Å². The van der Waals surface area contributed by atoms with Gasteiger partial charge in [0.2, 0.25) is 0 Å². The molecular formula is C16H19FN4O2. The van der Waals surface area contributed by atoms with E-state index in [2.05, 4.69) is 10.2 Å². The average molecular weight is 318 g/mol. The molecule has 0 radical (unpaired) electrons. The lowest BCUT2D eigenvalue weighted by atomic mass is 10.1. The lowest BCUT2D eigenvalue weighted by Crippen LogP contribution is -2.45. The Bertz CT molecular complexity index is 716. The number of benzene rings is 1. The fourth-order valence-corrected chi connectivity index (χ4v) is 3.03. The Morgan fingerprint density at radius 2 is 2.13 bits per heavy atom. The molecule has 1 unspecified atom stereocenters. The zero-order valence-corrected chi connectivity index (χ0v) is 12.9. The van der Waals surface area contributed by atoms with Crippen molar-refractivity contribution in [3.8, 4) is 0 Å². The summed E-state index contributed by atoms with van der Waals surface area (Å²) in [6, 6.07) is 6.13. The molecule has 0 saturated heterocycles. The van der Waals surface area contributed by atoms with Crippen LogP contribution in [-0.2, 0) is 24.3 Å². The summed E-state index contributed by atoms with van der Waals surface area (Å²) < 4.78 is 15.8. The number of rotatable bonds is 5.